The summed E-state index contributed by atoms with van der Waals surface area (Å²) < 4.78 is 1.71. The van der Waals surface area contributed by atoms with Gasteiger partial charge in [0.15, 0.2) is 0 Å². The lowest BCUT2D eigenvalue weighted by atomic mass is 9.92. The molecule has 0 saturated heterocycles. The van der Waals surface area contributed by atoms with E-state index in [1.807, 2.05) is 43.5 Å². The summed E-state index contributed by atoms with van der Waals surface area (Å²) in [6, 6.07) is 9.26. The summed E-state index contributed by atoms with van der Waals surface area (Å²) in [7, 11) is 0. The number of benzene rings is 1. The number of carbonyl (C=O) groups excluding carboxylic acids is 1. The molecule has 3 aromatic rings. The first-order valence-electron chi connectivity index (χ1n) is 8.41. The lowest BCUT2D eigenvalue weighted by Gasteiger charge is -2.13. The predicted octanol–water partition coefficient (Wildman–Crippen LogP) is 4.29. The van der Waals surface area contributed by atoms with Gasteiger partial charge in [-0.2, -0.15) is 10.2 Å². The zero-order valence-corrected chi connectivity index (χ0v) is 16.0. The monoisotopic (exact) mass is 371 g/mol. The molecular formula is C19H22ClN5O. The molecule has 1 aromatic carbocycles. The SMILES string of the molecule is C[C@H](C(=O)Nc1cc(C(C)(C)C)n[nH]1)c1cnn(-c2cccc(Cl)c2)c1. The molecule has 6 nitrogen and oxygen atoms in total. The van der Waals surface area contributed by atoms with Crippen LogP contribution in [0.3, 0.4) is 0 Å². The molecule has 1 amide bonds. The molecule has 26 heavy (non-hydrogen) atoms. The lowest BCUT2D eigenvalue weighted by Crippen LogP contribution is -2.18. The third kappa shape index (κ3) is 3.96. The van der Waals surface area contributed by atoms with Gasteiger partial charge in [0.1, 0.15) is 5.82 Å². The highest BCUT2D eigenvalue weighted by atomic mass is 35.5. The summed E-state index contributed by atoms with van der Waals surface area (Å²) in [5, 5.41) is 15.0. The van der Waals surface area contributed by atoms with Crippen LogP contribution in [0.5, 0.6) is 0 Å². The summed E-state index contributed by atoms with van der Waals surface area (Å²) in [5.41, 5.74) is 2.48. The third-order valence-corrected chi connectivity index (χ3v) is 4.41. The molecule has 3 rings (SSSR count). The maximum atomic E-state index is 12.6. The Balaban J connectivity index is 1.72. The van der Waals surface area contributed by atoms with Crippen molar-refractivity contribution >= 4 is 23.3 Å². The second-order valence-corrected chi connectivity index (χ2v) is 7.76. The largest absolute Gasteiger partial charge is 0.311 e. The van der Waals surface area contributed by atoms with Crippen LogP contribution >= 0.6 is 11.6 Å². The van der Waals surface area contributed by atoms with Crippen LogP contribution in [0.1, 0.15) is 44.9 Å². The Hall–Kier alpha value is -2.60. The fourth-order valence-corrected chi connectivity index (χ4v) is 2.67. The van der Waals surface area contributed by atoms with Gasteiger partial charge in [-0.3, -0.25) is 9.89 Å². The van der Waals surface area contributed by atoms with E-state index in [9.17, 15) is 4.79 Å². The topological polar surface area (TPSA) is 75.6 Å². The lowest BCUT2D eigenvalue weighted by molar-refractivity contribution is -0.117. The number of hydrogen-bond acceptors (Lipinski definition) is 3. The highest BCUT2D eigenvalue weighted by molar-refractivity contribution is 6.30. The number of rotatable bonds is 4. The van der Waals surface area contributed by atoms with Crippen LogP contribution in [-0.4, -0.2) is 25.9 Å². The van der Waals surface area contributed by atoms with E-state index < -0.39 is 0 Å². The van der Waals surface area contributed by atoms with E-state index in [0.29, 0.717) is 10.8 Å². The van der Waals surface area contributed by atoms with Gasteiger partial charge in [0.2, 0.25) is 5.91 Å². The van der Waals surface area contributed by atoms with Gasteiger partial charge in [-0.25, -0.2) is 4.68 Å². The summed E-state index contributed by atoms with van der Waals surface area (Å²) in [4.78, 5) is 12.6. The molecule has 0 radical (unpaired) electrons. The fraction of sp³-hybridized carbons (Fsp3) is 0.316. The Morgan fingerprint density at radius 3 is 2.73 bits per heavy atom. The molecule has 0 fully saturated rings. The molecule has 0 saturated carbocycles. The average molecular weight is 372 g/mol. The minimum atomic E-state index is -0.357. The predicted molar refractivity (Wildman–Crippen MR) is 103 cm³/mol. The molecular weight excluding hydrogens is 350 g/mol. The molecule has 2 heterocycles. The summed E-state index contributed by atoms with van der Waals surface area (Å²) >= 11 is 6.02. The number of amides is 1. The maximum absolute atomic E-state index is 12.6. The van der Waals surface area contributed by atoms with Crippen LogP contribution in [0, 0.1) is 0 Å². The number of carbonyl (C=O) groups is 1. The number of anilines is 1. The molecule has 0 unspecified atom stereocenters. The van der Waals surface area contributed by atoms with Crippen molar-refractivity contribution in [1.29, 1.82) is 0 Å². The van der Waals surface area contributed by atoms with Crippen molar-refractivity contribution < 1.29 is 4.79 Å². The van der Waals surface area contributed by atoms with Crippen LogP contribution < -0.4 is 5.32 Å². The van der Waals surface area contributed by atoms with Gasteiger partial charge >= 0.3 is 0 Å². The zero-order valence-electron chi connectivity index (χ0n) is 15.2. The minimum Gasteiger partial charge on any atom is -0.311 e. The van der Waals surface area contributed by atoms with Gasteiger partial charge in [0, 0.05) is 28.3 Å². The fourth-order valence-electron chi connectivity index (χ4n) is 2.48. The Bertz CT molecular complexity index is 922. The normalized spacial score (nSPS) is 12.8. The van der Waals surface area contributed by atoms with Gasteiger partial charge in [-0.05, 0) is 25.1 Å². The molecule has 2 aromatic heterocycles. The van der Waals surface area contributed by atoms with Gasteiger partial charge in [0.05, 0.1) is 23.5 Å². The van der Waals surface area contributed by atoms with Crippen LogP contribution in [0.4, 0.5) is 5.82 Å². The smallest absolute Gasteiger partial charge is 0.232 e. The van der Waals surface area contributed by atoms with Crippen LogP contribution in [0.15, 0.2) is 42.7 Å². The van der Waals surface area contributed by atoms with Crippen molar-refractivity contribution in [3.8, 4) is 5.69 Å². The number of hydrogen-bond donors (Lipinski definition) is 2. The van der Waals surface area contributed by atoms with Crippen molar-refractivity contribution in [2.24, 2.45) is 0 Å². The van der Waals surface area contributed by atoms with Gasteiger partial charge in [-0.15, -0.1) is 0 Å². The maximum Gasteiger partial charge on any atom is 0.232 e. The third-order valence-electron chi connectivity index (χ3n) is 4.17. The summed E-state index contributed by atoms with van der Waals surface area (Å²) in [6.45, 7) is 8.06. The number of aromatic amines is 1. The first-order chi connectivity index (χ1) is 12.2. The van der Waals surface area contributed by atoms with Crippen LogP contribution in [0.25, 0.3) is 5.69 Å². The van der Waals surface area contributed by atoms with E-state index in [0.717, 1.165) is 16.9 Å². The Morgan fingerprint density at radius 1 is 1.31 bits per heavy atom. The quantitative estimate of drug-likeness (QED) is 0.718. The zero-order chi connectivity index (χ0) is 18.9. The molecule has 7 heteroatoms. The first kappa shape index (κ1) is 18.2. The highest BCUT2D eigenvalue weighted by Crippen LogP contribution is 2.23. The van der Waals surface area contributed by atoms with E-state index in [2.05, 4.69) is 41.4 Å². The number of nitrogens with one attached hydrogen (secondary N) is 2. The summed E-state index contributed by atoms with van der Waals surface area (Å²) in [5.74, 6) is 0.109. The Kier molecular flexibility index (Phi) is 4.87. The Morgan fingerprint density at radius 2 is 2.08 bits per heavy atom. The van der Waals surface area contributed by atoms with Crippen molar-refractivity contribution in [2.75, 3.05) is 5.32 Å². The molecule has 2 N–H and O–H groups in total. The molecule has 1 atom stereocenters. The van der Waals surface area contributed by atoms with Crippen LogP contribution in [0.2, 0.25) is 5.02 Å². The minimum absolute atomic E-state index is 0.0802. The van der Waals surface area contributed by atoms with Crippen molar-refractivity contribution in [3.63, 3.8) is 0 Å². The van der Waals surface area contributed by atoms with Crippen molar-refractivity contribution in [2.45, 2.75) is 39.0 Å². The second-order valence-electron chi connectivity index (χ2n) is 7.33. The number of halogens is 1. The molecule has 0 bridgehead atoms. The van der Waals surface area contributed by atoms with Crippen molar-refractivity contribution in [3.05, 3.63) is 59.0 Å². The standard InChI is InChI=1S/C19H22ClN5O/c1-12(18(26)22-17-9-16(23-24-17)19(2,3)4)13-10-21-25(11-13)15-7-5-6-14(20)8-15/h5-12H,1-4H3,(H2,22,23,24,26)/t12-/m0/s1. The van der Waals surface area contributed by atoms with Crippen LogP contribution in [-0.2, 0) is 10.2 Å². The Labute approximate surface area is 157 Å². The van der Waals surface area contributed by atoms with E-state index in [1.54, 1.807) is 10.9 Å². The van der Waals surface area contributed by atoms with E-state index >= 15 is 0 Å². The molecule has 0 spiro atoms. The van der Waals surface area contributed by atoms with Gasteiger partial charge in [-0.1, -0.05) is 38.4 Å². The molecule has 0 aliphatic carbocycles. The molecule has 136 valence electrons. The summed E-state index contributed by atoms with van der Waals surface area (Å²) in [6.07, 6.45) is 3.53. The van der Waals surface area contributed by atoms with E-state index in [1.165, 1.54) is 0 Å². The van der Waals surface area contributed by atoms with Gasteiger partial charge < -0.3 is 5.32 Å². The average Bonchev–Trinajstić information content (AvgIpc) is 3.23. The van der Waals surface area contributed by atoms with Gasteiger partial charge in [0.25, 0.3) is 0 Å². The van der Waals surface area contributed by atoms with E-state index in [4.69, 9.17) is 11.6 Å². The van der Waals surface area contributed by atoms with E-state index in [-0.39, 0.29) is 17.2 Å². The number of H-pyrrole nitrogens is 1. The number of nitrogens with zero attached hydrogens (tertiary/aromatic N) is 3. The molecule has 0 aliphatic rings. The second kappa shape index (κ2) is 6.96. The highest BCUT2D eigenvalue weighted by Gasteiger charge is 2.21. The molecule has 0 aliphatic heterocycles. The number of aromatic nitrogens is 4. The first-order valence-corrected chi connectivity index (χ1v) is 8.79. The van der Waals surface area contributed by atoms with Crippen molar-refractivity contribution in [1.82, 2.24) is 20.0 Å².